The highest BCUT2D eigenvalue weighted by Gasteiger charge is 2.18. The van der Waals surface area contributed by atoms with Gasteiger partial charge in [0.15, 0.2) is 0 Å². The minimum absolute atomic E-state index is 0.00737. The van der Waals surface area contributed by atoms with E-state index in [1.54, 1.807) is 12.1 Å². The lowest BCUT2D eigenvalue weighted by atomic mass is 9.87. The van der Waals surface area contributed by atoms with Gasteiger partial charge in [-0.1, -0.05) is 32.9 Å². The molecular weight excluding hydrogens is 344 g/mol. The number of rotatable bonds is 6. The van der Waals surface area contributed by atoms with Crippen molar-refractivity contribution in [2.45, 2.75) is 51.9 Å². The summed E-state index contributed by atoms with van der Waals surface area (Å²) < 4.78 is 28.2. The van der Waals surface area contributed by atoms with Gasteiger partial charge in [0.05, 0.1) is 10.6 Å². The number of aryl methyl sites for hydroxylation is 1. The maximum absolute atomic E-state index is 12.7. The highest BCUT2D eigenvalue weighted by atomic mass is 32.2. The van der Waals surface area contributed by atoms with Crippen LogP contribution in [0.1, 0.15) is 45.7 Å². The van der Waals surface area contributed by atoms with Gasteiger partial charge in [-0.2, -0.15) is 0 Å². The highest BCUT2D eigenvalue weighted by molar-refractivity contribution is 7.92. The zero-order valence-electron chi connectivity index (χ0n) is 16.6. The van der Waals surface area contributed by atoms with Crippen molar-refractivity contribution in [3.05, 3.63) is 53.6 Å². The lowest BCUT2D eigenvalue weighted by Gasteiger charge is -2.22. The molecule has 5 heteroatoms. The van der Waals surface area contributed by atoms with Crippen molar-refractivity contribution in [3.63, 3.8) is 0 Å². The first-order chi connectivity index (χ1) is 12.1. The van der Waals surface area contributed by atoms with Crippen molar-refractivity contribution in [3.8, 4) is 0 Å². The fourth-order valence-corrected chi connectivity index (χ4v) is 4.02. The monoisotopic (exact) mass is 374 g/mol. The van der Waals surface area contributed by atoms with E-state index in [1.807, 2.05) is 37.3 Å². The second kappa shape index (κ2) is 7.70. The molecule has 0 saturated carbocycles. The number of sulfonamides is 1. The van der Waals surface area contributed by atoms with Crippen LogP contribution in [-0.4, -0.2) is 21.5 Å². The predicted molar refractivity (Wildman–Crippen MR) is 111 cm³/mol. The van der Waals surface area contributed by atoms with Crippen molar-refractivity contribution < 1.29 is 8.42 Å². The summed E-state index contributed by atoms with van der Waals surface area (Å²) in [5.74, 6) is 0. The minimum atomic E-state index is -3.61. The van der Waals surface area contributed by atoms with E-state index in [2.05, 4.69) is 44.2 Å². The average molecular weight is 375 g/mol. The Hall–Kier alpha value is -2.01. The number of hydrogen-bond donors (Lipinski definition) is 1. The van der Waals surface area contributed by atoms with E-state index in [4.69, 9.17) is 0 Å². The van der Waals surface area contributed by atoms with E-state index in [9.17, 15) is 8.42 Å². The molecule has 0 amide bonds. The largest absolute Gasteiger partial charge is 0.372 e. The molecule has 0 spiro atoms. The zero-order chi connectivity index (χ0) is 19.5. The standard InChI is InChI=1S/C21H30N2O2S/c1-7-23(8-2)18-11-14-20(16(3)15-18)22-26(24,25)19-12-9-17(10-13-19)21(4,5)6/h9-15,22H,7-8H2,1-6H3. The summed E-state index contributed by atoms with van der Waals surface area (Å²) in [7, 11) is -3.61. The molecule has 0 heterocycles. The van der Waals surface area contributed by atoms with Gasteiger partial charge in [0, 0.05) is 18.8 Å². The molecule has 0 aliphatic heterocycles. The first kappa shape index (κ1) is 20.3. The van der Waals surface area contributed by atoms with Crippen molar-refractivity contribution in [2.75, 3.05) is 22.7 Å². The Morgan fingerprint density at radius 2 is 1.54 bits per heavy atom. The summed E-state index contributed by atoms with van der Waals surface area (Å²) in [5.41, 5.74) is 3.72. The number of benzene rings is 2. The third-order valence-corrected chi connectivity index (χ3v) is 5.99. The normalized spacial score (nSPS) is 12.1. The Morgan fingerprint density at radius 3 is 2.00 bits per heavy atom. The Kier molecular flexibility index (Phi) is 6.02. The lowest BCUT2D eigenvalue weighted by Crippen LogP contribution is -2.22. The quantitative estimate of drug-likeness (QED) is 0.779. The van der Waals surface area contributed by atoms with Gasteiger partial charge in [0.25, 0.3) is 10.0 Å². The van der Waals surface area contributed by atoms with Gasteiger partial charge in [0.2, 0.25) is 0 Å². The maximum Gasteiger partial charge on any atom is 0.261 e. The Balaban J connectivity index is 2.26. The smallest absolute Gasteiger partial charge is 0.261 e. The van der Waals surface area contributed by atoms with Crippen LogP contribution in [0.25, 0.3) is 0 Å². The predicted octanol–water partition coefficient (Wildman–Crippen LogP) is 4.94. The van der Waals surface area contributed by atoms with Crippen LogP contribution in [0.3, 0.4) is 0 Å². The van der Waals surface area contributed by atoms with Gasteiger partial charge < -0.3 is 4.90 Å². The number of hydrogen-bond acceptors (Lipinski definition) is 3. The molecule has 2 rings (SSSR count). The first-order valence-corrected chi connectivity index (χ1v) is 10.6. The summed E-state index contributed by atoms with van der Waals surface area (Å²) in [6, 6.07) is 12.9. The molecular formula is C21H30N2O2S. The van der Waals surface area contributed by atoms with Crippen molar-refractivity contribution in [1.29, 1.82) is 0 Å². The van der Waals surface area contributed by atoms with Crippen molar-refractivity contribution >= 4 is 21.4 Å². The number of nitrogens with one attached hydrogen (secondary N) is 1. The Morgan fingerprint density at radius 1 is 0.962 bits per heavy atom. The molecule has 4 nitrogen and oxygen atoms in total. The average Bonchev–Trinajstić information content (AvgIpc) is 2.57. The maximum atomic E-state index is 12.7. The fraction of sp³-hybridized carbons (Fsp3) is 0.429. The van der Waals surface area contributed by atoms with Crippen LogP contribution in [0.4, 0.5) is 11.4 Å². The van der Waals surface area contributed by atoms with E-state index in [0.29, 0.717) is 5.69 Å². The molecule has 0 aliphatic rings. The molecule has 0 radical (unpaired) electrons. The number of nitrogens with zero attached hydrogens (tertiary/aromatic N) is 1. The van der Waals surface area contributed by atoms with E-state index >= 15 is 0 Å². The molecule has 0 aromatic heterocycles. The van der Waals surface area contributed by atoms with Gasteiger partial charge in [-0.15, -0.1) is 0 Å². The van der Waals surface area contributed by atoms with E-state index in [0.717, 1.165) is 29.9 Å². The highest BCUT2D eigenvalue weighted by Crippen LogP contribution is 2.27. The summed E-state index contributed by atoms with van der Waals surface area (Å²) in [6.07, 6.45) is 0. The molecule has 2 aromatic carbocycles. The topological polar surface area (TPSA) is 49.4 Å². The van der Waals surface area contributed by atoms with E-state index < -0.39 is 10.0 Å². The summed E-state index contributed by atoms with van der Waals surface area (Å²) in [5, 5.41) is 0. The van der Waals surface area contributed by atoms with Crippen LogP contribution in [0.15, 0.2) is 47.4 Å². The molecule has 2 aromatic rings. The third-order valence-electron chi connectivity index (χ3n) is 4.61. The molecule has 26 heavy (non-hydrogen) atoms. The molecule has 0 atom stereocenters. The van der Waals surface area contributed by atoms with Crippen LogP contribution < -0.4 is 9.62 Å². The summed E-state index contributed by atoms with van der Waals surface area (Å²) >= 11 is 0. The lowest BCUT2D eigenvalue weighted by molar-refractivity contribution is 0.587. The molecule has 0 aliphatic carbocycles. The molecule has 142 valence electrons. The summed E-state index contributed by atoms with van der Waals surface area (Å²) in [4.78, 5) is 2.51. The molecule has 0 bridgehead atoms. The second-order valence-corrected chi connectivity index (χ2v) is 9.23. The molecule has 0 saturated heterocycles. The van der Waals surface area contributed by atoms with Crippen molar-refractivity contribution in [2.24, 2.45) is 0 Å². The van der Waals surface area contributed by atoms with Gasteiger partial charge in [-0.25, -0.2) is 8.42 Å². The van der Waals surface area contributed by atoms with Crippen LogP contribution in [-0.2, 0) is 15.4 Å². The molecule has 0 fully saturated rings. The van der Waals surface area contributed by atoms with E-state index in [1.165, 1.54) is 0 Å². The number of anilines is 2. The fourth-order valence-electron chi connectivity index (χ4n) is 2.89. The van der Waals surface area contributed by atoms with E-state index in [-0.39, 0.29) is 10.3 Å². The van der Waals surface area contributed by atoms with Crippen LogP contribution in [0.2, 0.25) is 0 Å². The molecule has 1 N–H and O–H groups in total. The zero-order valence-corrected chi connectivity index (χ0v) is 17.4. The Bertz CT molecular complexity index is 847. The van der Waals surface area contributed by atoms with Crippen LogP contribution in [0.5, 0.6) is 0 Å². The second-order valence-electron chi connectivity index (χ2n) is 7.55. The minimum Gasteiger partial charge on any atom is -0.372 e. The first-order valence-electron chi connectivity index (χ1n) is 9.07. The van der Waals surface area contributed by atoms with Gasteiger partial charge in [0.1, 0.15) is 0 Å². The van der Waals surface area contributed by atoms with Gasteiger partial charge in [-0.3, -0.25) is 4.72 Å². The summed E-state index contributed by atoms with van der Waals surface area (Å²) in [6.45, 7) is 14.3. The van der Waals surface area contributed by atoms with Crippen LogP contribution in [0, 0.1) is 6.92 Å². The van der Waals surface area contributed by atoms with Gasteiger partial charge in [-0.05, 0) is 67.6 Å². The van der Waals surface area contributed by atoms with Gasteiger partial charge >= 0.3 is 0 Å². The Labute approximate surface area is 158 Å². The molecule has 0 unspecified atom stereocenters. The van der Waals surface area contributed by atoms with Crippen LogP contribution >= 0.6 is 0 Å². The SMILES string of the molecule is CCN(CC)c1ccc(NS(=O)(=O)c2ccc(C(C)(C)C)cc2)c(C)c1. The third kappa shape index (κ3) is 4.58. The van der Waals surface area contributed by atoms with Crippen molar-refractivity contribution in [1.82, 2.24) is 0 Å².